The molecule has 0 amide bonds. The molecule has 0 aromatic heterocycles. The lowest BCUT2D eigenvalue weighted by Crippen LogP contribution is -2.29. The van der Waals surface area contributed by atoms with Gasteiger partial charge in [0.25, 0.3) is 0 Å². The maximum Gasteiger partial charge on any atom is 0.335 e. The quantitative estimate of drug-likeness (QED) is 0.724. The van der Waals surface area contributed by atoms with E-state index in [1.807, 2.05) is 34.6 Å². The van der Waals surface area contributed by atoms with Crippen LogP contribution in [0.3, 0.4) is 0 Å². The van der Waals surface area contributed by atoms with E-state index in [9.17, 15) is 9.59 Å². The molecular weight excluding hydrogens is 308 g/mol. The van der Waals surface area contributed by atoms with Crippen LogP contribution >= 0.6 is 0 Å². The van der Waals surface area contributed by atoms with Gasteiger partial charge in [-0.15, -0.1) is 0 Å². The zero-order valence-corrected chi connectivity index (χ0v) is 15.2. The van der Waals surface area contributed by atoms with Crippen LogP contribution in [0.25, 0.3) is 0 Å². The normalized spacial score (nSPS) is 12.5. The number of carboxylic acids is 1. The first kappa shape index (κ1) is 20.0. The standard InChI is InChI=1S/C19H28O5/c1-6-13(18(22)24-19(3,4)5)10-11-23-16-9-8-15(17(20)21)12-14(16)7-2/h8-9,12-13H,6-7,10-11H2,1-5H3,(H,20,21). The minimum Gasteiger partial charge on any atom is -0.493 e. The first-order chi connectivity index (χ1) is 11.2. The third-order valence-electron chi connectivity index (χ3n) is 3.65. The van der Waals surface area contributed by atoms with E-state index in [4.69, 9.17) is 14.6 Å². The minimum absolute atomic E-state index is 0.201. The third-order valence-corrected chi connectivity index (χ3v) is 3.65. The maximum absolute atomic E-state index is 12.1. The van der Waals surface area contributed by atoms with E-state index >= 15 is 0 Å². The molecule has 134 valence electrons. The number of aryl methyl sites for hydroxylation is 1. The number of carbonyl (C=O) groups is 2. The largest absolute Gasteiger partial charge is 0.493 e. The van der Waals surface area contributed by atoms with Gasteiger partial charge in [-0.3, -0.25) is 4.79 Å². The van der Waals surface area contributed by atoms with Crippen LogP contribution in [0.2, 0.25) is 0 Å². The number of rotatable bonds is 8. The maximum atomic E-state index is 12.1. The number of hydrogen-bond acceptors (Lipinski definition) is 4. The van der Waals surface area contributed by atoms with Crippen molar-refractivity contribution < 1.29 is 24.2 Å². The summed E-state index contributed by atoms with van der Waals surface area (Å²) >= 11 is 0. The average molecular weight is 336 g/mol. The molecule has 0 aliphatic carbocycles. The minimum atomic E-state index is -0.952. The highest BCUT2D eigenvalue weighted by Gasteiger charge is 2.23. The van der Waals surface area contributed by atoms with Gasteiger partial charge in [0.2, 0.25) is 0 Å². The Balaban J connectivity index is 2.65. The Morgan fingerprint density at radius 1 is 1.21 bits per heavy atom. The zero-order valence-electron chi connectivity index (χ0n) is 15.2. The number of benzene rings is 1. The molecule has 1 atom stereocenters. The summed E-state index contributed by atoms with van der Waals surface area (Å²) in [6, 6.07) is 4.83. The predicted octanol–water partition coefficient (Wildman–Crippen LogP) is 4.08. The van der Waals surface area contributed by atoms with Crippen LogP contribution in [-0.2, 0) is 16.0 Å². The fourth-order valence-electron chi connectivity index (χ4n) is 2.31. The molecule has 5 nitrogen and oxygen atoms in total. The van der Waals surface area contributed by atoms with Crippen molar-refractivity contribution in [1.29, 1.82) is 0 Å². The lowest BCUT2D eigenvalue weighted by atomic mass is 10.0. The molecule has 1 rings (SSSR count). The Morgan fingerprint density at radius 3 is 2.38 bits per heavy atom. The Bertz CT molecular complexity index is 572. The summed E-state index contributed by atoms with van der Waals surface area (Å²) in [6.45, 7) is 9.84. The Morgan fingerprint density at radius 2 is 1.88 bits per heavy atom. The van der Waals surface area contributed by atoms with E-state index in [1.165, 1.54) is 6.07 Å². The predicted molar refractivity (Wildman–Crippen MR) is 92.5 cm³/mol. The highest BCUT2D eigenvalue weighted by Crippen LogP contribution is 2.22. The molecule has 0 saturated carbocycles. The lowest BCUT2D eigenvalue weighted by Gasteiger charge is -2.23. The van der Waals surface area contributed by atoms with Crippen molar-refractivity contribution >= 4 is 11.9 Å². The van der Waals surface area contributed by atoms with Gasteiger partial charge in [-0.05, 0) is 63.8 Å². The van der Waals surface area contributed by atoms with Crippen molar-refractivity contribution in [2.45, 2.75) is 59.5 Å². The number of aromatic carboxylic acids is 1. The van der Waals surface area contributed by atoms with Gasteiger partial charge in [0, 0.05) is 0 Å². The number of hydrogen-bond donors (Lipinski definition) is 1. The van der Waals surface area contributed by atoms with Gasteiger partial charge < -0.3 is 14.6 Å². The molecule has 1 aromatic carbocycles. The summed E-state index contributed by atoms with van der Waals surface area (Å²) < 4.78 is 11.2. The Hall–Kier alpha value is -2.04. The molecule has 0 aliphatic rings. The SMILES string of the molecule is CCc1cc(C(=O)O)ccc1OCCC(CC)C(=O)OC(C)(C)C. The zero-order chi connectivity index (χ0) is 18.3. The molecule has 0 radical (unpaired) electrons. The summed E-state index contributed by atoms with van der Waals surface area (Å²) in [5.74, 6) is -0.688. The van der Waals surface area contributed by atoms with E-state index < -0.39 is 11.6 Å². The third kappa shape index (κ3) is 6.22. The van der Waals surface area contributed by atoms with Gasteiger partial charge in [-0.25, -0.2) is 4.79 Å². The van der Waals surface area contributed by atoms with Gasteiger partial charge in [0.15, 0.2) is 0 Å². The van der Waals surface area contributed by atoms with Crippen LogP contribution in [0.1, 0.15) is 63.4 Å². The summed E-state index contributed by atoms with van der Waals surface area (Å²) in [5.41, 5.74) is 0.604. The molecule has 24 heavy (non-hydrogen) atoms. The molecule has 0 fully saturated rings. The van der Waals surface area contributed by atoms with E-state index in [0.717, 1.165) is 5.56 Å². The van der Waals surface area contributed by atoms with E-state index in [2.05, 4.69) is 0 Å². The van der Waals surface area contributed by atoms with Crippen molar-refractivity contribution in [3.05, 3.63) is 29.3 Å². The molecule has 0 spiro atoms. The fraction of sp³-hybridized carbons (Fsp3) is 0.579. The van der Waals surface area contributed by atoms with E-state index in [0.29, 0.717) is 31.6 Å². The van der Waals surface area contributed by atoms with Crippen molar-refractivity contribution in [3.63, 3.8) is 0 Å². The summed E-state index contributed by atoms with van der Waals surface area (Å²) in [5, 5.41) is 9.04. The van der Waals surface area contributed by atoms with Crippen LogP contribution in [0.15, 0.2) is 18.2 Å². The highest BCUT2D eigenvalue weighted by atomic mass is 16.6. The van der Waals surface area contributed by atoms with Gasteiger partial charge in [0.05, 0.1) is 18.1 Å². The number of esters is 1. The lowest BCUT2D eigenvalue weighted by molar-refractivity contribution is -0.160. The number of carboxylic acid groups (broad SMARTS) is 1. The van der Waals surface area contributed by atoms with Crippen LogP contribution < -0.4 is 4.74 Å². The molecule has 0 aliphatic heterocycles. The van der Waals surface area contributed by atoms with Crippen LogP contribution in [0.4, 0.5) is 0 Å². The second-order valence-electron chi connectivity index (χ2n) is 6.76. The first-order valence-electron chi connectivity index (χ1n) is 8.39. The molecule has 0 heterocycles. The average Bonchev–Trinajstić information content (AvgIpc) is 2.49. The smallest absolute Gasteiger partial charge is 0.335 e. The molecule has 0 saturated heterocycles. The van der Waals surface area contributed by atoms with Gasteiger partial charge in [-0.2, -0.15) is 0 Å². The van der Waals surface area contributed by atoms with Crippen LogP contribution in [0, 0.1) is 5.92 Å². The summed E-state index contributed by atoms with van der Waals surface area (Å²) in [4.78, 5) is 23.2. The van der Waals surface area contributed by atoms with E-state index in [-0.39, 0.29) is 17.5 Å². The molecular formula is C19H28O5. The molecule has 1 aromatic rings. The fourth-order valence-corrected chi connectivity index (χ4v) is 2.31. The van der Waals surface area contributed by atoms with Gasteiger partial charge >= 0.3 is 11.9 Å². The molecule has 1 unspecified atom stereocenters. The van der Waals surface area contributed by atoms with Gasteiger partial charge in [-0.1, -0.05) is 13.8 Å². The van der Waals surface area contributed by atoms with Gasteiger partial charge in [0.1, 0.15) is 11.4 Å². The Kier molecular flexibility index (Phi) is 7.26. The second-order valence-corrected chi connectivity index (χ2v) is 6.76. The van der Waals surface area contributed by atoms with Crippen molar-refractivity contribution in [2.75, 3.05) is 6.61 Å². The molecule has 1 N–H and O–H groups in total. The topological polar surface area (TPSA) is 72.8 Å². The monoisotopic (exact) mass is 336 g/mol. The summed E-state index contributed by atoms with van der Waals surface area (Å²) in [7, 11) is 0. The molecule has 0 bridgehead atoms. The number of carbonyl (C=O) groups excluding carboxylic acids is 1. The van der Waals surface area contributed by atoms with Crippen molar-refractivity contribution in [1.82, 2.24) is 0 Å². The second kappa shape index (κ2) is 8.71. The summed E-state index contributed by atoms with van der Waals surface area (Å²) in [6.07, 6.45) is 1.94. The van der Waals surface area contributed by atoms with Crippen molar-refractivity contribution in [2.24, 2.45) is 5.92 Å². The highest BCUT2D eigenvalue weighted by molar-refractivity contribution is 5.88. The van der Waals surface area contributed by atoms with Crippen LogP contribution in [-0.4, -0.2) is 29.3 Å². The Labute approximate surface area is 144 Å². The van der Waals surface area contributed by atoms with Crippen LogP contribution in [0.5, 0.6) is 5.75 Å². The van der Waals surface area contributed by atoms with E-state index in [1.54, 1.807) is 12.1 Å². The first-order valence-corrected chi connectivity index (χ1v) is 8.39. The molecule has 5 heteroatoms. The number of ether oxygens (including phenoxy) is 2. The van der Waals surface area contributed by atoms with Crippen molar-refractivity contribution in [3.8, 4) is 5.75 Å².